The fraction of sp³-hybridized carbons (Fsp3) is 0.0556. The molecular formula is C18H16N4O2S. The number of hydrogen-bond donors (Lipinski definition) is 2. The quantitative estimate of drug-likeness (QED) is 0.407. The minimum absolute atomic E-state index is 0.137. The van der Waals surface area contributed by atoms with Crippen molar-refractivity contribution >= 4 is 29.1 Å². The van der Waals surface area contributed by atoms with E-state index in [2.05, 4.69) is 4.98 Å². The molecule has 0 radical (unpaired) electrons. The number of aromatic nitrogens is 1. The number of thioether (sulfide) groups is 1. The Balaban J connectivity index is 2.10. The molecule has 0 atom stereocenters. The topological polar surface area (TPSA) is 108 Å². The highest BCUT2D eigenvalue weighted by molar-refractivity contribution is 7.99. The number of nitro groups is 1. The molecule has 126 valence electrons. The zero-order valence-electron chi connectivity index (χ0n) is 13.2. The Labute approximate surface area is 149 Å². The summed E-state index contributed by atoms with van der Waals surface area (Å²) in [6, 6.07) is 21.1. The number of pyridine rings is 1. The van der Waals surface area contributed by atoms with Crippen LogP contribution in [-0.2, 0) is 0 Å². The SMILES string of the molecule is Nc1cc(SC(c2ccccc2)c2ccccc2)c([N+](=O)[O-])c(N)n1. The van der Waals surface area contributed by atoms with Crippen LogP contribution in [0.1, 0.15) is 16.4 Å². The van der Waals surface area contributed by atoms with Gasteiger partial charge < -0.3 is 11.5 Å². The van der Waals surface area contributed by atoms with Crippen LogP contribution in [0.5, 0.6) is 0 Å². The predicted molar refractivity (Wildman–Crippen MR) is 100 cm³/mol. The summed E-state index contributed by atoms with van der Waals surface area (Å²) in [5.41, 5.74) is 13.3. The summed E-state index contributed by atoms with van der Waals surface area (Å²) in [5.74, 6) is -0.0159. The normalized spacial score (nSPS) is 10.8. The van der Waals surface area contributed by atoms with Gasteiger partial charge in [0, 0.05) is 6.07 Å². The standard InChI is InChI=1S/C18H16N4O2S/c19-15-11-14(16(22(23)24)18(20)21-15)25-17(12-7-3-1-4-8-12)13-9-5-2-6-10-13/h1-11,17H,(H4,19,20,21). The Kier molecular flexibility index (Phi) is 4.85. The van der Waals surface area contributed by atoms with Crippen LogP contribution in [-0.4, -0.2) is 9.91 Å². The van der Waals surface area contributed by atoms with Crippen LogP contribution in [0.2, 0.25) is 0 Å². The molecule has 7 heteroatoms. The predicted octanol–water partition coefficient (Wildman–Crippen LogP) is 4.04. The van der Waals surface area contributed by atoms with Crippen molar-refractivity contribution in [2.75, 3.05) is 11.5 Å². The maximum absolute atomic E-state index is 11.4. The van der Waals surface area contributed by atoms with Crippen molar-refractivity contribution in [3.63, 3.8) is 0 Å². The molecule has 0 aliphatic heterocycles. The van der Waals surface area contributed by atoms with Gasteiger partial charge in [0.2, 0.25) is 5.82 Å². The van der Waals surface area contributed by atoms with Gasteiger partial charge in [0.25, 0.3) is 0 Å². The van der Waals surface area contributed by atoms with Gasteiger partial charge in [-0.2, -0.15) is 0 Å². The van der Waals surface area contributed by atoms with E-state index in [4.69, 9.17) is 11.5 Å². The van der Waals surface area contributed by atoms with Crippen LogP contribution >= 0.6 is 11.8 Å². The van der Waals surface area contributed by atoms with Crippen molar-refractivity contribution in [2.45, 2.75) is 10.1 Å². The first kappa shape index (κ1) is 16.8. The number of anilines is 2. The summed E-state index contributed by atoms with van der Waals surface area (Å²) in [6.07, 6.45) is 0. The van der Waals surface area contributed by atoms with Gasteiger partial charge in [0.05, 0.1) is 15.1 Å². The van der Waals surface area contributed by atoms with Crippen molar-refractivity contribution in [3.05, 3.63) is 88.0 Å². The van der Waals surface area contributed by atoms with Crippen LogP contribution in [0.25, 0.3) is 0 Å². The largest absolute Gasteiger partial charge is 0.384 e. The van der Waals surface area contributed by atoms with E-state index in [-0.39, 0.29) is 22.6 Å². The second-order valence-corrected chi connectivity index (χ2v) is 6.50. The molecule has 4 N–H and O–H groups in total. The zero-order chi connectivity index (χ0) is 17.8. The third kappa shape index (κ3) is 3.72. The van der Waals surface area contributed by atoms with E-state index in [9.17, 15) is 10.1 Å². The average Bonchev–Trinajstić information content (AvgIpc) is 2.60. The number of nitrogens with zero attached hydrogens (tertiary/aromatic N) is 2. The lowest BCUT2D eigenvalue weighted by molar-refractivity contribution is -0.387. The van der Waals surface area contributed by atoms with E-state index in [1.165, 1.54) is 17.8 Å². The van der Waals surface area contributed by atoms with Crippen molar-refractivity contribution in [1.82, 2.24) is 4.98 Å². The number of rotatable bonds is 5. The lowest BCUT2D eigenvalue weighted by Crippen LogP contribution is -2.05. The van der Waals surface area contributed by atoms with Crippen molar-refractivity contribution < 1.29 is 4.92 Å². The first-order chi connectivity index (χ1) is 12.1. The second-order valence-electron chi connectivity index (χ2n) is 5.36. The number of hydrogen-bond acceptors (Lipinski definition) is 6. The van der Waals surface area contributed by atoms with Gasteiger partial charge in [-0.3, -0.25) is 10.1 Å². The van der Waals surface area contributed by atoms with Crippen LogP contribution in [0, 0.1) is 10.1 Å². The summed E-state index contributed by atoms with van der Waals surface area (Å²) < 4.78 is 0. The molecule has 0 unspecified atom stereocenters. The van der Waals surface area contributed by atoms with E-state index in [0.29, 0.717) is 4.90 Å². The number of benzene rings is 2. The fourth-order valence-corrected chi connectivity index (χ4v) is 3.86. The molecule has 0 aliphatic carbocycles. The van der Waals surface area contributed by atoms with E-state index in [0.717, 1.165) is 11.1 Å². The summed E-state index contributed by atoms with van der Waals surface area (Å²) in [4.78, 5) is 15.1. The lowest BCUT2D eigenvalue weighted by atomic mass is 10.0. The van der Waals surface area contributed by atoms with E-state index in [1.54, 1.807) is 0 Å². The molecule has 0 amide bonds. The Bertz CT molecular complexity index is 849. The highest BCUT2D eigenvalue weighted by Gasteiger charge is 2.25. The van der Waals surface area contributed by atoms with Crippen LogP contribution in [0.4, 0.5) is 17.3 Å². The van der Waals surface area contributed by atoms with Gasteiger partial charge in [-0.15, -0.1) is 11.8 Å². The van der Waals surface area contributed by atoms with E-state index < -0.39 is 4.92 Å². The molecule has 0 saturated heterocycles. The van der Waals surface area contributed by atoms with Gasteiger partial charge >= 0.3 is 5.69 Å². The maximum atomic E-state index is 11.4. The maximum Gasteiger partial charge on any atom is 0.324 e. The molecule has 2 aromatic carbocycles. The van der Waals surface area contributed by atoms with Crippen molar-refractivity contribution in [2.24, 2.45) is 0 Å². The Morgan fingerprint density at radius 1 is 0.960 bits per heavy atom. The van der Waals surface area contributed by atoms with Gasteiger partial charge in [-0.05, 0) is 11.1 Å². The van der Waals surface area contributed by atoms with Crippen LogP contribution < -0.4 is 11.5 Å². The molecule has 1 heterocycles. The molecule has 0 saturated carbocycles. The Morgan fingerprint density at radius 2 is 1.48 bits per heavy atom. The summed E-state index contributed by atoms with van der Waals surface area (Å²) >= 11 is 1.34. The molecule has 6 nitrogen and oxygen atoms in total. The second kappa shape index (κ2) is 7.23. The minimum Gasteiger partial charge on any atom is -0.384 e. The minimum atomic E-state index is -0.517. The van der Waals surface area contributed by atoms with Gasteiger partial charge in [-0.25, -0.2) is 4.98 Å². The van der Waals surface area contributed by atoms with E-state index >= 15 is 0 Å². The van der Waals surface area contributed by atoms with Crippen molar-refractivity contribution in [1.29, 1.82) is 0 Å². The molecule has 1 aromatic heterocycles. The van der Waals surface area contributed by atoms with Gasteiger partial charge in [0.1, 0.15) is 5.82 Å². The summed E-state index contributed by atoms with van der Waals surface area (Å²) in [6.45, 7) is 0. The summed E-state index contributed by atoms with van der Waals surface area (Å²) in [5, 5.41) is 11.3. The van der Waals surface area contributed by atoms with E-state index in [1.807, 2.05) is 60.7 Å². The average molecular weight is 352 g/mol. The number of nitrogen functional groups attached to an aromatic ring is 2. The van der Waals surface area contributed by atoms with Gasteiger partial charge in [0.15, 0.2) is 0 Å². The molecular weight excluding hydrogens is 336 g/mol. The molecule has 0 fully saturated rings. The molecule has 0 aliphatic rings. The van der Waals surface area contributed by atoms with Crippen molar-refractivity contribution in [3.8, 4) is 0 Å². The monoisotopic (exact) mass is 352 g/mol. The highest BCUT2D eigenvalue weighted by Crippen LogP contribution is 2.45. The first-order valence-electron chi connectivity index (χ1n) is 7.53. The fourth-order valence-electron chi connectivity index (χ4n) is 2.54. The van der Waals surface area contributed by atoms with Crippen LogP contribution in [0.15, 0.2) is 71.6 Å². The molecule has 0 spiro atoms. The molecule has 25 heavy (non-hydrogen) atoms. The van der Waals surface area contributed by atoms with Crippen LogP contribution in [0.3, 0.4) is 0 Å². The Hall–Kier alpha value is -3.06. The Morgan fingerprint density at radius 3 is 1.96 bits per heavy atom. The number of nitrogens with two attached hydrogens (primary N) is 2. The molecule has 0 bridgehead atoms. The summed E-state index contributed by atoms with van der Waals surface area (Å²) in [7, 11) is 0. The third-order valence-corrected chi connectivity index (χ3v) is 4.98. The zero-order valence-corrected chi connectivity index (χ0v) is 14.0. The van der Waals surface area contributed by atoms with Gasteiger partial charge in [-0.1, -0.05) is 60.7 Å². The first-order valence-corrected chi connectivity index (χ1v) is 8.41. The molecule has 3 aromatic rings. The third-order valence-electron chi connectivity index (χ3n) is 3.64. The highest BCUT2D eigenvalue weighted by atomic mass is 32.2. The molecule has 3 rings (SSSR count). The lowest BCUT2D eigenvalue weighted by Gasteiger charge is -2.18. The smallest absolute Gasteiger partial charge is 0.324 e.